The maximum Gasteiger partial charge on any atom is 0.253 e. The van der Waals surface area contributed by atoms with E-state index in [0.29, 0.717) is 25.1 Å². The molecule has 0 saturated heterocycles. The maximum atomic E-state index is 13.6. The number of benzene rings is 3. The summed E-state index contributed by atoms with van der Waals surface area (Å²) in [6, 6.07) is 21.0. The molecule has 3 nitrogen and oxygen atoms in total. The van der Waals surface area contributed by atoms with Crippen LogP contribution in [-0.4, -0.2) is 17.0 Å². The normalized spacial score (nSPS) is 11.0. The molecule has 3 aromatic carbocycles. The van der Waals surface area contributed by atoms with Gasteiger partial charge in [0.1, 0.15) is 5.82 Å². The van der Waals surface area contributed by atoms with E-state index >= 15 is 0 Å². The Morgan fingerprint density at radius 1 is 1.03 bits per heavy atom. The molecule has 0 aliphatic heterocycles. The molecule has 0 aliphatic carbocycles. The average molecular weight is 421 g/mol. The number of carbonyl (C=O) groups is 1. The minimum absolute atomic E-state index is 0.101. The van der Waals surface area contributed by atoms with E-state index in [2.05, 4.69) is 41.1 Å². The second kappa shape index (κ2) is 8.72. The SMILES string of the molecule is Cc1ccc(Cn2cc(C(=O)NCCc3ccc(Cl)c(F)c3)c3ccccc32)cc1. The van der Waals surface area contributed by atoms with Crippen molar-refractivity contribution in [3.05, 3.63) is 106 Å². The number of amides is 1. The molecule has 4 aromatic rings. The molecule has 0 fully saturated rings. The highest BCUT2D eigenvalue weighted by Gasteiger charge is 2.15. The number of halogens is 2. The summed E-state index contributed by atoms with van der Waals surface area (Å²) in [5, 5.41) is 3.97. The quantitative estimate of drug-likeness (QED) is 0.422. The predicted octanol–water partition coefficient (Wildman–Crippen LogP) is 5.76. The van der Waals surface area contributed by atoms with Crippen LogP contribution < -0.4 is 5.32 Å². The van der Waals surface area contributed by atoms with E-state index in [9.17, 15) is 9.18 Å². The molecule has 1 aromatic heterocycles. The minimum atomic E-state index is -0.445. The number of fused-ring (bicyclic) bond motifs is 1. The summed E-state index contributed by atoms with van der Waals surface area (Å²) in [7, 11) is 0. The van der Waals surface area contributed by atoms with E-state index in [1.807, 2.05) is 30.5 Å². The van der Waals surface area contributed by atoms with Gasteiger partial charge in [0.05, 0.1) is 10.6 Å². The number of rotatable bonds is 6. The standard InChI is InChI=1S/C25H22ClFN2O/c1-17-6-8-19(9-7-17)15-29-16-21(20-4-2-3-5-24(20)29)25(30)28-13-12-18-10-11-22(26)23(27)14-18/h2-11,14,16H,12-13,15H2,1H3,(H,28,30). The van der Waals surface area contributed by atoms with Gasteiger partial charge >= 0.3 is 0 Å². The summed E-state index contributed by atoms with van der Waals surface area (Å²) in [5.41, 5.74) is 4.84. The number of nitrogens with one attached hydrogen (secondary N) is 1. The summed E-state index contributed by atoms with van der Waals surface area (Å²) < 4.78 is 15.7. The molecule has 152 valence electrons. The Morgan fingerprint density at radius 3 is 2.53 bits per heavy atom. The van der Waals surface area contributed by atoms with Crippen molar-refractivity contribution in [3.63, 3.8) is 0 Å². The summed E-state index contributed by atoms with van der Waals surface area (Å²) >= 11 is 5.72. The van der Waals surface area contributed by atoms with Crippen LogP contribution in [0.4, 0.5) is 4.39 Å². The number of para-hydroxylation sites is 1. The zero-order valence-corrected chi connectivity index (χ0v) is 17.4. The third-order valence-electron chi connectivity index (χ3n) is 5.19. The fraction of sp³-hybridized carbons (Fsp3) is 0.160. The number of aryl methyl sites for hydroxylation is 1. The van der Waals surface area contributed by atoms with Gasteiger partial charge in [0.2, 0.25) is 0 Å². The predicted molar refractivity (Wildman–Crippen MR) is 120 cm³/mol. The van der Waals surface area contributed by atoms with Crippen LogP contribution >= 0.6 is 11.6 Å². The Hall–Kier alpha value is -3.11. The van der Waals surface area contributed by atoms with Crippen LogP contribution in [0.1, 0.15) is 27.0 Å². The van der Waals surface area contributed by atoms with Gasteiger partial charge < -0.3 is 9.88 Å². The molecule has 0 spiro atoms. The first-order valence-electron chi connectivity index (χ1n) is 9.87. The van der Waals surface area contributed by atoms with Crippen molar-refractivity contribution < 1.29 is 9.18 Å². The van der Waals surface area contributed by atoms with Gasteiger partial charge in [-0.25, -0.2) is 4.39 Å². The Kier molecular flexibility index (Phi) is 5.86. The van der Waals surface area contributed by atoms with Gasteiger partial charge in [0, 0.05) is 30.2 Å². The highest BCUT2D eigenvalue weighted by molar-refractivity contribution is 6.30. The van der Waals surface area contributed by atoms with Gasteiger partial charge in [-0.15, -0.1) is 0 Å². The van der Waals surface area contributed by atoms with Crippen molar-refractivity contribution in [2.45, 2.75) is 19.9 Å². The molecule has 1 heterocycles. The van der Waals surface area contributed by atoms with E-state index in [4.69, 9.17) is 11.6 Å². The summed E-state index contributed by atoms with van der Waals surface area (Å²) in [6.45, 7) is 3.17. The van der Waals surface area contributed by atoms with Gasteiger partial charge in [-0.1, -0.05) is 65.7 Å². The zero-order valence-electron chi connectivity index (χ0n) is 16.7. The molecule has 1 N–H and O–H groups in total. The fourth-order valence-electron chi connectivity index (χ4n) is 3.56. The van der Waals surface area contributed by atoms with Crippen molar-refractivity contribution in [2.75, 3.05) is 6.54 Å². The van der Waals surface area contributed by atoms with Crippen molar-refractivity contribution in [3.8, 4) is 0 Å². The number of aromatic nitrogens is 1. The highest BCUT2D eigenvalue weighted by atomic mass is 35.5. The second-order valence-corrected chi connectivity index (χ2v) is 7.83. The fourth-order valence-corrected chi connectivity index (χ4v) is 3.68. The van der Waals surface area contributed by atoms with Crippen LogP contribution in [0.5, 0.6) is 0 Å². The number of carbonyl (C=O) groups excluding carboxylic acids is 1. The summed E-state index contributed by atoms with van der Waals surface area (Å²) in [4.78, 5) is 12.9. The van der Waals surface area contributed by atoms with Crippen LogP contribution in [-0.2, 0) is 13.0 Å². The molecule has 4 rings (SSSR count). The smallest absolute Gasteiger partial charge is 0.253 e. The molecule has 0 unspecified atom stereocenters. The van der Waals surface area contributed by atoms with E-state index in [1.165, 1.54) is 23.3 Å². The van der Waals surface area contributed by atoms with Crippen molar-refractivity contribution in [1.29, 1.82) is 0 Å². The van der Waals surface area contributed by atoms with E-state index < -0.39 is 5.82 Å². The lowest BCUT2D eigenvalue weighted by Gasteiger charge is -2.06. The summed E-state index contributed by atoms with van der Waals surface area (Å²) in [5.74, 6) is -0.581. The van der Waals surface area contributed by atoms with Gasteiger partial charge in [0.25, 0.3) is 5.91 Å². The average Bonchev–Trinajstić information content (AvgIpc) is 3.11. The van der Waals surface area contributed by atoms with E-state index in [-0.39, 0.29) is 10.9 Å². The third-order valence-corrected chi connectivity index (χ3v) is 5.50. The topological polar surface area (TPSA) is 34.0 Å². The molecule has 0 atom stereocenters. The monoisotopic (exact) mass is 420 g/mol. The molecular formula is C25H22ClFN2O. The molecule has 0 aliphatic rings. The zero-order chi connectivity index (χ0) is 21.1. The first kappa shape index (κ1) is 20.2. The largest absolute Gasteiger partial charge is 0.352 e. The maximum absolute atomic E-state index is 13.6. The third kappa shape index (κ3) is 4.39. The van der Waals surface area contributed by atoms with Crippen LogP contribution in [0, 0.1) is 12.7 Å². The Balaban J connectivity index is 1.50. The lowest BCUT2D eigenvalue weighted by Crippen LogP contribution is -2.25. The van der Waals surface area contributed by atoms with Gasteiger partial charge in [-0.3, -0.25) is 4.79 Å². The van der Waals surface area contributed by atoms with Gasteiger partial charge in [0.15, 0.2) is 0 Å². The van der Waals surface area contributed by atoms with Crippen molar-refractivity contribution >= 4 is 28.4 Å². The second-order valence-electron chi connectivity index (χ2n) is 7.43. The molecule has 1 amide bonds. The van der Waals surface area contributed by atoms with E-state index in [1.54, 1.807) is 6.07 Å². The lowest BCUT2D eigenvalue weighted by atomic mass is 10.1. The first-order valence-corrected chi connectivity index (χ1v) is 10.2. The van der Waals surface area contributed by atoms with Crippen LogP contribution in [0.3, 0.4) is 0 Å². The molecular weight excluding hydrogens is 399 g/mol. The number of nitrogens with zero attached hydrogens (tertiary/aromatic N) is 1. The molecule has 30 heavy (non-hydrogen) atoms. The molecule has 5 heteroatoms. The first-order chi connectivity index (χ1) is 14.5. The van der Waals surface area contributed by atoms with Gasteiger partial charge in [-0.2, -0.15) is 0 Å². The Morgan fingerprint density at radius 2 is 1.77 bits per heavy atom. The van der Waals surface area contributed by atoms with Crippen molar-refractivity contribution in [2.24, 2.45) is 0 Å². The summed E-state index contributed by atoms with van der Waals surface area (Å²) in [6.07, 6.45) is 2.43. The number of hydrogen-bond acceptors (Lipinski definition) is 1. The molecule has 0 saturated carbocycles. The van der Waals surface area contributed by atoms with E-state index in [0.717, 1.165) is 16.5 Å². The van der Waals surface area contributed by atoms with Crippen LogP contribution in [0.2, 0.25) is 5.02 Å². The van der Waals surface area contributed by atoms with Crippen molar-refractivity contribution in [1.82, 2.24) is 9.88 Å². The highest BCUT2D eigenvalue weighted by Crippen LogP contribution is 2.23. The number of hydrogen-bond donors (Lipinski definition) is 1. The van der Waals surface area contributed by atoms with Gasteiger partial charge in [-0.05, 0) is 42.7 Å². The Labute approximate surface area is 180 Å². The lowest BCUT2D eigenvalue weighted by molar-refractivity contribution is 0.0955. The molecule has 0 radical (unpaired) electrons. The Bertz CT molecular complexity index is 1200. The minimum Gasteiger partial charge on any atom is -0.352 e. The van der Waals surface area contributed by atoms with Crippen LogP contribution in [0.15, 0.2) is 72.9 Å². The van der Waals surface area contributed by atoms with Crippen LogP contribution in [0.25, 0.3) is 10.9 Å². The molecule has 0 bridgehead atoms.